The maximum atomic E-state index is 5.54. The third-order valence-electron chi connectivity index (χ3n) is 0.711. The van der Waals surface area contributed by atoms with Crippen molar-refractivity contribution in [3.8, 4) is 0 Å². The molecule has 2 heteroatoms. The lowest BCUT2D eigenvalue weighted by atomic mass is 10.3. The van der Waals surface area contributed by atoms with E-state index < -0.39 is 0 Å². The van der Waals surface area contributed by atoms with E-state index in [2.05, 4.69) is 0 Å². The van der Waals surface area contributed by atoms with Crippen LogP contribution in [0, 0.1) is 0 Å². The molecule has 0 aliphatic carbocycles. The maximum absolute atomic E-state index is 5.54. The highest BCUT2D eigenvalue weighted by Crippen LogP contribution is 2.02. The molecular weight excluding hydrogens is 110 g/mol. The molecule has 0 fully saturated rings. The quantitative estimate of drug-likeness (QED) is 0.556. The minimum atomic E-state index is -0.00772. The van der Waals surface area contributed by atoms with Crippen molar-refractivity contribution in [2.45, 2.75) is 19.9 Å². The summed E-state index contributed by atoms with van der Waals surface area (Å²) in [5.41, 5.74) is 5.35. The van der Waals surface area contributed by atoms with E-state index in [1.807, 2.05) is 13.8 Å². The standard InChI is InChI=1S/C5H10ClN/c1-3-5(6)4(2)7/h3-4H,7H2,1-2H3/b5-3-/t4-/m1/s1. The molecule has 42 valence electrons. The topological polar surface area (TPSA) is 26.0 Å². The summed E-state index contributed by atoms with van der Waals surface area (Å²) in [5, 5.41) is 0.722. The fraction of sp³-hybridized carbons (Fsp3) is 0.600. The highest BCUT2D eigenvalue weighted by Gasteiger charge is 1.93. The van der Waals surface area contributed by atoms with Gasteiger partial charge in [-0.15, -0.1) is 0 Å². The van der Waals surface area contributed by atoms with Gasteiger partial charge in [0.25, 0.3) is 0 Å². The van der Waals surface area contributed by atoms with Gasteiger partial charge in [0.1, 0.15) is 0 Å². The summed E-state index contributed by atoms with van der Waals surface area (Å²) in [6, 6.07) is -0.00772. The maximum Gasteiger partial charge on any atom is 0.0371 e. The molecule has 0 radical (unpaired) electrons. The van der Waals surface area contributed by atoms with Gasteiger partial charge in [0.2, 0.25) is 0 Å². The van der Waals surface area contributed by atoms with Gasteiger partial charge in [-0.2, -0.15) is 0 Å². The van der Waals surface area contributed by atoms with Gasteiger partial charge in [-0.1, -0.05) is 17.7 Å². The zero-order valence-corrected chi connectivity index (χ0v) is 5.37. The van der Waals surface area contributed by atoms with Crippen molar-refractivity contribution in [1.29, 1.82) is 0 Å². The second-order valence-electron chi connectivity index (χ2n) is 1.46. The molecule has 0 aromatic heterocycles. The molecule has 2 N–H and O–H groups in total. The number of rotatable bonds is 1. The molecule has 0 saturated heterocycles. The van der Waals surface area contributed by atoms with Gasteiger partial charge in [0.15, 0.2) is 0 Å². The number of hydrogen-bond acceptors (Lipinski definition) is 1. The van der Waals surface area contributed by atoms with E-state index in [4.69, 9.17) is 17.3 Å². The molecule has 7 heavy (non-hydrogen) atoms. The van der Waals surface area contributed by atoms with E-state index in [0.29, 0.717) is 0 Å². The third-order valence-corrected chi connectivity index (χ3v) is 1.27. The van der Waals surface area contributed by atoms with Crippen LogP contribution in [0.5, 0.6) is 0 Å². The zero-order valence-electron chi connectivity index (χ0n) is 4.61. The van der Waals surface area contributed by atoms with Gasteiger partial charge in [-0.3, -0.25) is 0 Å². The SMILES string of the molecule is C/C=C(\Cl)[C@@H](C)N. The van der Waals surface area contributed by atoms with Crippen LogP contribution in [0.3, 0.4) is 0 Å². The summed E-state index contributed by atoms with van der Waals surface area (Å²) >= 11 is 5.54. The summed E-state index contributed by atoms with van der Waals surface area (Å²) in [4.78, 5) is 0. The third kappa shape index (κ3) is 2.66. The van der Waals surface area contributed by atoms with Crippen LogP contribution in [-0.2, 0) is 0 Å². The van der Waals surface area contributed by atoms with Gasteiger partial charge >= 0.3 is 0 Å². The van der Waals surface area contributed by atoms with E-state index in [1.54, 1.807) is 6.08 Å². The summed E-state index contributed by atoms with van der Waals surface area (Å²) in [6.07, 6.45) is 1.80. The minimum absolute atomic E-state index is 0.00772. The van der Waals surface area contributed by atoms with Crippen molar-refractivity contribution in [3.05, 3.63) is 11.1 Å². The van der Waals surface area contributed by atoms with Gasteiger partial charge < -0.3 is 5.73 Å². The van der Waals surface area contributed by atoms with Gasteiger partial charge in [-0.25, -0.2) is 0 Å². The Kier molecular flexibility index (Phi) is 3.05. The molecule has 0 rings (SSSR count). The van der Waals surface area contributed by atoms with Crippen LogP contribution in [-0.4, -0.2) is 6.04 Å². The summed E-state index contributed by atoms with van der Waals surface area (Å²) in [6.45, 7) is 3.72. The Labute approximate surface area is 49.2 Å². The molecule has 0 aromatic rings. The van der Waals surface area contributed by atoms with Gasteiger partial charge in [0.05, 0.1) is 0 Å². The number of halogens is 1. The monoisotopic (exact) mass is 119 g/mol. The van der Waals surface area contributed by atoms with Crippen molar-refractivity contribution in [3.63, 3.8) is 0 Å². The van der Waals surface area contributed by atoms with Crippen LogP contribution in [0.1, 0.15) is 13.8 Å². The van der Waals surface area contributed by atoms with E-state index >= 15 is 0 Å². The van der Waals surface area contributed by atoms with Crippen LogP contribution in [0.4, 0.5) is 0 Å². The van der Waals surface area contributed by atoms with Crippen molar-refractivity contribution >= 4 is 11.6 Å². The first-order chi connectivity index (χ1) is 3.18. The molecule has 0 saturated carbocycles. The van der Waals surface area contributed by atoms with E-state index in [9.17, 15) is 0 Å². The van der Waals surface area contributed by atoms with Gasteiger partial charge in [-0.05, 0) is 13.8 Å². The summed E-state index contributed by atoms with van der Waals surface area (Å²) < 4.78 is 0. The minimum Gasteiger partial charge on any atom is -0.323 e. The van der Waals surface area contributed by atoms with Crippen molar-refractivity contribution in [1.82, 2.24) is 0 Å². The molecule has 0 aliphatic rings. The van der Waals surface area contributed by atoms with E-state index in [-0.39, 0.29) is 6.04 Å². The number of nitrogens with two attached hydrogens (primary N) is 1. The molecule has 0 amide bonds. The van der Waals surface area contributed by atoms with E-state index in [1.165, 1.54) is 0 Å². The molecule has 1 atom stereocenters. The second kappa shape index (κ2) is 3.05. The predicted octanol–water partition coefficient (Wildman–Crippen LogP) is 1.48. The molecular formula is C5H10ClN. The molecule has 0 spiro atoms. The van der Waals surface area contributed by atoms with Crippen LogP contribution in [0.15, 0.2) is 11.1 Å². The summed E-state index contributed by atoms with van der Waals surface area (Å²) in [7, 11) is 0. The summed E-state index contributed by atoms with van der Waals surface area (Å²) in [5.74, 6) is 0. The first kappa shape index (κ1) is 6.99. The molecule has 0 heterocycles. The fourth-order valence-electron chi connectivity index (χ4n) is 0.263. The zero-order chi connectivity index (χ0) is 5.86. The van der Waals surface area contributed by atoms with Crippen LogP contribution < -0.4 is 5.73 Å². The van der Waals surface area contributed by atoms with Gasteiger partial charge in [0, 0.05) is 11.1 Å². The number of allylic oxidation sites excluding steroid dienone is 1. The molecule has 0 bridgehead atoms. The van der Waals surface area contributed by atoms with Crippen LogP contribution >= 0.6 is 11.6 Å². The van der Waals surface area contributed by atoms with Crippen molar-refractivity contribution in [2.75, 3.05) is 0 Å². The second-order valence-corrected chi connectivity index (χ2v) is 1.90. The Morgan fingerprint density at radius 2 is 2.29 bits per heavy atom. The largest absolute Gasteiger partial charge is 0.323 e. The molecule has 1 nitrogen and oxygen atoms in total. The van der Waals surface area contributed by atoms with Crippen LogP contribution in [0.25, 0.3) is 0 Å². The first-order valence-corrected chi connectivity index (χ1v) is 2.63. The average molecular weight is 120 g/mol. The predicted molar refractivity (Wildman–Crippen MR) is 33.3 cm³/mol. The van der Waals surface area contributed by atoms with E-state index in [0.717, 1.165) is 5.03 Å². The highest BCUT2D eigenvalue weighted by molar-refractivity contribution is 6.30. The fourth-order valence-corrected chi connectivity index (χ4v) is 0.263. The lowest BCUT2D eigenvalue weighted by Gasteiger charge is -1.98. The lowest BCUT2D eigenvalue weighted by Crippen LogP contribution is -2.14. The molecule has 0 aromatic carbocycles. The van der Waals surface area contributed by atoms with Crippen LogP contribution in [0.2, 0.25) is 0 Å². The smallest absolute Gasteiger partial charge is 0.0371 e. The lowest BCUT2D eigenvalue weighted by molar-refractivity contribution is 0.906. The Balaban J connectivity index is 3.56. The Hall–Kier alpha value is -0.0100. The molecule has 0 unspecified atom stereocenters. The number of hydrogen-bond donors (Lipinski definition) is 1. The van der Waals surface area contributed by atoms with Crippen molar-refractivity contribution in [2.24, 2.45) is 5.73 Å². The Bertz CT molecular complexity index is 76.1. The Morgan fingerprint density at radius 3 is 2.29 bits per heavy atom. The molecule has 0 aliphatic heterocycles. The normalized spacial score (nSPS) is 16.9. The average Bonchev–Trinajstić information content (AvgIpc) is 1.65. The van der Waals surface area contributed by atoms with Crippen molar-refractivity contribution < 1.29 is 0 Å². The Morgan fingerprint density at radius 1 is 1.86 bits per heavy atom. The first-order valence-electron chi connectivity index (χ1n) is 2.25. The highest BCUT2D eigenvalue weighted by atomic mass is 35.5.